The van der Waals surface area contributed by atoms with Crippen molar-refractivity contribution in [2.45, 2.75) is 6.54 Å². The molecule has 25 heavy (non-hydrogen) atoms. The molecule has 2 N–H and O–H groups in total. The first kappa shape index (κ1) is 16.8. The van der Waals surface area contributed by atoms with Crippen LogP contribution >= 0.6 is 11.6 Å². The van der Waals surface area contributed by atoms with E-state index in [0.29, 0.717) is 28.8 Å². The van der Waals surface area contributed by atoms with E-state index in [4.69, 9.17) is 20.8 Å². The summed E-state index contributed by atoms with van der Waals surface area (Å²) in [7, 11) is 1.51. The van der Waals surface area contributed by atoms with Gasteiger partial charge in [-0.15, -0.1) is 0 Å². The smallest absolute Gasteiger partial charge is 0.274 e. The van der Waals surface area contributed by atoms with Gasteiger partial charge >= 0.3 is 0 Å². The maximum atomic E-state index is 12.4. The highest BCUT2D eigenvalue weighted by Gasteiger charge is 2.12. The molecule has 0 fully saturated rings. The van der Waals surface area contributed by atoms with Crippen molar-refractivity contribution < 1.29 is 13.9 Å². The highest BCUT2D eigenvalue weighted by molar-refractivity contribution is 6.31. The molecule has 128 valence electrons. The molecule has 1 aromatic carbocycles. The van der Waals surface area contributed by atoms with Crippen LogP contribution in [0.3, 0.4) is 0 Å². The number of nitrogens with one attached hydrogen (secondary N) is 2. The second kappa shape index (κ2) is 7.67. The Balaban J connectivity index is 1.72. The molecule has 2 heterocycles. The third-order valence-corrected chi connectivity index (χ3v) is 3.57. The van der Waals surface area contributed by atoms with Crippen molar-refractivity contribution in [1.82, 2.24) is 9.97 Å². The van der Waals surface area contributed by atoms with E-state index in [1.54, 1.807) is 36.6 Å². The van der Waals surface area contributed by atoms with Crippen molar-refractivity contribution in [2.75, 3.05) is 17.7 Å². The number of carbonyl (C=O) groups is 1. The van der Waals surface area contributed by atoms with Crippen molar-refractivity contribution in [3.05, 3.63) is 65.5 Å². The van der Waals surface area contributed by atoms with Crippen LogP contribution < -0.4 is 15.4 Å². The summed E-state index contributed by atoms with van der Waals surface area (Å²) in [5, 5.41) is 6.28. The molecule has 2 aromatic heterocycles. The molecule has 0 saturated carbocycles. The third kappa shape index (κ3) is 4.27. The van der Waals surface area contributed by atoms with Gasteiger partial charge in [0.05, 0.1) is 25.6 Å². The molecule has 7 nitrogen and oxygen atoms in total. The number of rotatable bonds is 6. The number of carbonyl (C=O) groups excluding carboxylic acids is 1. The van der Waals surface area contributed by atoms with Gasteiger partial charge in [0.25, 0.3) is 5.91 Å². The first-order valence-electron chi connectivity index (χ1n) is 7.39. The maximum absolute atomic E-state index is 12.4. The third-order valence-electron chi connectivity index (χ3n) is 3.33. The number of ether oxygens (including phenoxy) is 1. The van der Waals surface area contributed by atoms with Crippen molar-refractivity contribution in [1.29, 1.82) is 0 Å². The number of nitrogens with zero attached hydrogens (tertiary/aromatic N) is 2. The van der Waals surface area contributed by atoms with E-state index in [9.17, 15) is 4.79 Å². The molecule has 0 unspecified atom stereocenters. The molecule has 0 aliphatic carbocycles. The summed E-state index contributed by atoms with van der Waals surface area (Å²) in [4.78, 5) is 20.5. The van der Waals surface area contributed by atoms with Crippen molar-refractivity contribution in [2.24, 2.45) is 0 Å². The molecule has 0 aliphatic heterocycles. The minimum atomic E-state index is -0.399. The van der Waals surface area contributed by atoms with Gasteiger partial charge in [0.1, 0.15) is 29.3 Å². The lowest BCUT2D eigenvalue weighted by Gasteiger charge is -2.10. The predicted molar refractivity (Wildman–Crippen MR) is 94.0 cm³/mol. The molecule has 0 aliphatic rings. The topological polar surface area (TPSA) is 89.3 Å². The number of benzene rings is 1. The minimum absolute atomic E-state index is 0.207. The summed E-state index contributed by atoms with van der Waals surface area (Å²) >= 11 is 5.97. The van der Waals surface area contributed by atoms with Gasteiger partial charge in [-0.2, -0.15) is 0 Å². The highest BCUT2D eigenvalue weighted by Crippen LogP contribution is 2.28. The highest BCUT2D eigenvalue weighted by atomic mass is 35.5. The number of hydrogen-bond donors (Lipinski definition) is 2. The first-order chi connectivity index (χ1) is 12.2. The Morgan fingerprint density at radius 1 is 1.28 bits per heavy atom. The zero-order valence-electron chi connectivity index (χ0n) is 13.3. The number of hydrogen-bond acceptors (Lipinski definition) is 6. The van der Waals surface area contributed by atoms with Crippen molar-refractivity contribution in [3.63, 3.8) is 0 Å². The summed E-state index contributed by atoms with van der Waals surface area (Å²) < 4.78 is 10.4. The van der Waals surface area contributed by atoms with E-state index in [1.807, 2.05) is 6.07 Å². The zero-order valence-corrected chi connectivity index (χ0v) is 14.1. The molecule has 0 atom stereocenters. The van der Waals surface area contributed by atoms with Crippen LogP contribution in [0.15, 0.2) is 53.4 Å². The fourth-order valence-electron chi connectivity index (χ4n) is 2.13. The Bertz CT molecular complexity index is 868. The average molecular weight is 359 g/mol. The van der Waals surface area contributed by atoms with Crippen LogP contribution in [0.1, 0.15) is 16.2 Å². The van der Waals surface area contributed by atoms with E-state index in [0.717, 1.165) is 5.76 Å². The molecule has 3 rings (SSSR count). The lowest BCUT2D eigenvalue weighted by molar-refractivity contribution is 0.102. The van der Waals surface area contributed by atoms with Gasteiger partial charge in [-0.05, 0) is 30.3 Å². The Labute approximate surface area is 149 Å². The fraction of sp³-hybridized carbons (Fsp3) is 0.118. The Kier molecular flexibility index (Phi) is 5.15. The van der Waals surface area contributed by atoms with Gasteiger partial charge in [-0.3, -0.25) is 4.79 Å². The van der Waals surface area contributed by atoms with E-state index < -0.39 is 5.91 Å². The number of halogens is 1. The Morgan fingerprint density at radius 3 is 2.92 bits per heavy atom. The molecule has 0 saturated heterocycles. The van der Waals surface area contributed by atoms with Gasteiger partial charge in [-0.1, -0.05) is 11.6 Å². The summed E-state index contributed by atoms with van der Waals surface area (Å²) in [5.74, 6) is 1.37. The fourth-order valence-corrected chi connectivity index (χ4v) is 2.31. The number of methoxy groups -OCH3 is 1. The van der Waals surface area contributed by atoms with Crippen molar-refractivity contribution in [3.8, 4) is 5.75 Å². The summed E-state index contributed by atoms with van der Waals surface area (Å²) in [5.41, 5.74) is 0.669. The van der Waals surface area contributed by atoms with E-state index in [2.05, 4.69) is 20.6 Å². The SMILES string of the molecule is COc1ccc(Cl)cc1NC(=O)c1cc(NCc2ccco2)ncn1. The van der Waals surface area contributed by atoms with Gasteiger partial charge < -0.3 is 19.8 Å². The molecule has 1 amide bonds. The Morgan fingerprint density at radius 2 is 2.16 bits per heavy atom. The molecule has 0 radical (unpaired) electrons. The maximum Gasteiger partial charge on any atom is 0.274 e. The van der Waals surface area contributed by atoms with Crippen LogP contribution in [-0.2, 0) is 6.54 Å². The molecular formula is C17H15ClN4O3. The van der Waals surface area contributed by atoms with E-state index in [-0.39, 0.29) is 5.69 Å². The number of aromatic nitrogens is 2. The van der Waals surface area contributed by atoms with Crippen LogP contribution in [0.25, 0.3) is 0 Å². The lowest BCUT2D eigenvalue weighted by atomic mass is 10.2. The van der Waals surface area contributed by atoms with Crippen molar-refractivity contribution >= 4 is 29.0 Å². The van der Waals surface area contributed by atoms with Gasteiger partial charge in [-0.25, -0.2) is 9.97 Å². The number of amides is 1. The largest absolute Gasteiger partial charge is 0.495 e. The van der Waals surface area contributed by atoms with Crippen LogP contribution in [0.5, 0.6) is 5.75 Å². The van der Waals surface area contributed by atoms with Crippen LogP contribution in [0.2, 0.25) is 5.02 Å². The summed E-state index contributed by atoms with van der Waals surface area (Å²) in [6.07, 6.45) is 2.91. The summed E-state index contributed by atoms with van der Waals surface area (Å²) in [6.45, 7) is 0.452. The lowest BCUT2D eigenvalue weighted by Crippen LogP contribution is -2.15. The van der Waals surface area contributed by atoms with Gasteiger partial charge in [0.2, 0.25) is 0 Å². The van der Waals surface area contributed by atoms with Gasteiger partial charge in [0.15, 0.2) is 0 Å². The monoisotopic (exact) mass is 358 g/mol. The quantitative estimate of drug-likeness (QED) is 0.699. The molecule has 8 heteroatoms. The zero-order chi connectivity index (χ0) is 17.6. The molecule has 0 bridgehead atoms. The molecule has 0 spiro atoms. The second-order valence-electron chi connectivity index (χ2n) is 5.02. The van der Waals surface area contributed by atoms with Crippen LogP contribution in [-0.4, -0.2) is 23.0 Å². The summed E-state index contributed by atoms with van der Waals surface area (Å²) in [6, 6.07) is 10.2. The van der Waals surface area contributed by atoms with Crippen LogP contribution in [0, 0.1) is 0 Å². The number of furan rings is 1. The minimum Gasteiger partial charge on any atom is -0.495 e. The normalized spacial score (nSPS) is 10.3. The van der Waals surface area contributed by atoms with E-state index >= 15 is 0 Å². The standard InChI is InChI=1S/C17H15ClN4O3/c1-24-15-5-4-11(18)7-13(15)22-17(23)14-8-16(21-10-20-14)19-9-12-3-2-6-25-12/h2-8,10H,9H2,1H3,(H,22,23)(H,19,20,21). The predicted octanol–water partition coefficient (Wildman–Crippen LogP) is 3.60. The second-order valence-corrected chi connectivity index (χ2v) is 5.46. The van der Waals surface area contributed by atoms with Gasteiger partial charge in [0, 0.05) is 11.1 Å². The Hall–Kier alpha value is -3.06. The molecular weight excluding hydrogens is 344 g/mol. The molecule has 3 aromatic rings. The number of anilines is 2. The first-order valence-corrected chi connectivity index (χ1v) is 7.76. The van der Waals surface area contributed by atoms with Crippen LogP contribution in [0.4, 0.5) is 11.5 Å². The average Bonchev–Trinajstić information content (AvgIpc) is 3.14. The van der Waals surface area contributed by atoms with E-state index in [1.165, 1.54) is 13.4 Å².